The molecule has 0 heterocycles. The smallest absolute Gasteiger partial charge is 0.335 e. The number of hydrogen-bond donors (Lipinski definition) is 2. The lowest BCUT2D eigenvalue weighted by molar-refractivity contribution is -0.139. The Morgan fingerprint density at radius 1 is 1.38 bits per heavy atom. The Kier molecular flexibility index (Phi) is 4.69. The summed E-state index contributed by atoms with van der Waals surface area (Å²) in [5.74, 6) is -0.886. The van der Waals surface area contributed by atoms with Crippen molar-refractivity contribution in [2.24, 2.45) is 5.41 Å². The summed E-state index contributed by atoms with van der Waals surface area (Å²) in [6, 6.07) is 7.46. The standard InChI is InChI=1S/C17H25NO3/c1-11(2)21-15-9-14(17(15,3)4)18-10-12-5-7-13(8-6-12)16(19)20/h5-8,11,14-15,18H,9-10H2,1-4H3,(H,19,20). The predicted octanol–water partition coefficient (Wildman–Crippen LogP) is 3.07. The van der Waals surface area contributed by atoms with Gasteiger partial charge in [-0.25, -0.2) is 4.79 Å². The third kappa shape index (κ3) is 3.63. The monoisotopic (exact) mass is 291 g/mol. The zero-order valence-corrected chi connectivity index (χ0v) is 13.2. The van der Waals surface area contributed by atoms with Gasteiger partial charge < -0.3 is 15.2 Å². The summed E-state index contributed by atoms with van der Waals surface area (Å²) in [6.07, 6.45) is 1.60. The molecule has 2 rings (SSSR count). The average molecular weight is 291 g/mol. The van der Waals surface area contributed by atoms with Crippen molar-refractivity contribution in [3.63, 3.8) is 0 Å². The third-order valence-corrected chi connectivity index (χ3v) is 4.37. The van der Waals surface area contributed by atoms with Gasteiger partial charge in [-0.15, -0.1) is 0 Å². The van der Waals surface area contributed by atoms with Crippen molar-refractivity contribution in [1.82, 2.24) is 5.32 Å². The van der Waals surface area contributed by atoms with Crippen LogP contribution in [0.3, 0.4) is 0 Å². The summed E-state index contributed by atoms with van der Waals surface area (Å²) in [5, 5.41) is 12.4. The van der Waals surface area contributed by atoms with Gasteiger partial charge in [-0.05, 0) is 38.0 Å². The van der Waals surface area contributed by atoms with Crippen LogP contribution in [0.4, 0.5) is 0 Å². The molecule has 2 N–H and O–H groups in total. The molecule has 2 atom stereocenters. The molecule has 21 heavy (non-hydrogen) atoms. The summed E-state index contributed by atoms with van der Waals surface area (Å²) < 4.78 is 5.92. The normalized spacial score (nSPS) is 23.9. The molecule has 0 spiro atoms. The zero-order chi connectivity index (χ0) is 15.6. The summed E-state index contributed by atoms with van der Waals surface area (Å²) in [5.41, 5.74) is 1.56. The van der Waals surface area contributed by atoms with Crippen LogP contribution in [0.25, 0.3) is 0 Å². The minimum absolute atomic E-state index is 0.130. The highest BCUT2D eigenvalue weighted by Crippen LogP contribution is 2.43. The molecular weight excluding hydrogens is 266 g/mol. The highest BCUT2D eigenvalue weighted by molar-refractivity contribution is 5.87. The van der Waals surface area contributed by atoms with E-state index in [1.807, 2.05) is 12.1 Å². The Labute approximate surface area is 126 Å². The lowest BCUT2D eigenvalue weighted by Crippen LogP contribution is -2.61. The maximum Gasteiger partial charge on any atom is 0.335 e. The van der Waals surface area contributed by atoms with Gasteiger partial charge in [-0.1, -0.05) is 26.0 Å². The van der Waals surface area contributed by atoms with Crippen LogP contribution >= 0.6 is 0 Å². The van der Waals surface area contributed by atoms with Crippen molar-refractivity contribution in [1.29, 1.82) is 0 Å². The van der Waals surface area contributed by atoms with Crippen LogP contribution in [-0.4, -0.2) is 29.3 Å². The Hall–Kier alpha value is -1.39. The van der Waals surface area contributed by atoms with E-state index in [4.69, 9.17) is 9.84 Å². The van der Waals surface area contributed by atoms with Gasteiger partial charge in [0.15, 0.2) is 0 Å². The summed E-state index contributed by atoms with van der Waals surface area (Å²) in [7, 11) is 0. The van der Waals surface area contributed by atoms with Crippen LogP contribution in [0.15, 0.2) is 24.3 Å². The molecule has 1 aromatic carbocycles. The van der Waals surface area contributed by atoms with Crippen molar-refractivity contribution >= 4 is 5.97 Å². The Bertz CT molecular complexity index is 493. The molecule has 1 aromatic rings. The van der Waals surface area contributed by atoms with Gasteiger partial charge in [0.05, 0.1) is 17.8 Å². The first-order chi connectivity index (χ1) is 9.80. The minimum Gasteiger partial charge on any atom is -0.478 e. The first-order valence-corrected chi connectivity index (χ1v) is 7.51. The van der Waals surface area contributed by atoms with Gasteiger partial charge in [0, 0.05) is 18.0 Å². The van der Waals surface area contributed by atoms with Crippen LogP contribution in [0.5, 0.6) is 0 Å². The van der Waals surface area contributed by atoms with E-state index in [1.54, 1.807) is 12.1 Å². The van der Waals surface area contributed by atoms with Crippen LogP contribution in [0, 0.1) is 5.41 Å². The molecule has 0 radical (unpaired) electrons. The number of aromatic carboxylic acids is 1. The fourth-order valence-corrected chi connectivity index (χ4v) is 2.80. The summed E-state index contributed by atoms with van der Waals surface area (Å²) in [4.78, 5) is 10.8. The number of nitrogens with one attached hydrogen (secondary N) is 1. The average Bonchev–Trinajstić information content (AvgIpc) is 2.42. The second kappa shape index (κ2) is 6.16. The predicted molar refractivity (Wildman–Crippen MR) is 82.4 cm³/mol. The number of rotatable bonds is 6. The number of ether oxygens (including phenoxy) is 1. The van der Waals surface area contributed by atoms with E-state index in [0.29, 0.717) is 17.7 Å². The second-order valence-corrected chi connectivity index (χ2v) is 6.67. The highest BCUT2D eigenvalue weighted by Gasteiger charge is 2.48. The molecule has 1 fully saturated rings. The molecule has 1 aliphatic rings. The van der Waals surface area contributed by atoms with Crippen molar-refractivity contribution in [3.05, 3.63) is 35.4 Å². The molecule has 0 aliphatic heterocycles. The maximum absolute atomic E-state index is 10.8. The lowest BCUT2D eigenvalue weighted by Gasteiger charge is -2.52. The molecule has 1 aliphatic carbocycles. The van der Waals surface area contributed by atoms with Crippen molar-refractivity contribution < 1.29 is 14.6 Å². The van der Waals surface area contributed by atoms with Crippen LogP contribution in [-0.2, 0) is 11.3 Å². The molecule has 4 nitrogen and oxygen atoms in total. The van der Waals surface area contributed by atoms with Crippen molar-refractivity contribution in [2.45, 2.75) is 58.9 Å². The zero-order valence-electron chi connectivity index (χ0n) is 13.2. The Balaban J connectivity index is 1.85. The van der Waals surface area contributed by atoms with Gasteiger partial charge in [0.2, 0.25) is 0 Å². The second-order valence-electron chi connectivity index (χ2n) is 6.67. The van der Waals surface area contributed by atoms with Crippen LogP contribution in [0.2, 0.25) is 0 Å². The van der Waals surface area contributed by atoms with Gasteiger partial charge in [0.25, 0.3) is 0 Å². The Morgan fingerprint density at radius 2 is 2.00 bits per heavy atom. The summed E-state index contributed by atoms with van der Waals surface area (Å²) >= 11 is 0. The molecule has 0 bridgehead atoms. The number of carboxylic acids is 1. The highest BCUT2D eigenvalue weighted by atomic mass is 16.5. The van der Waals surface area contributed by atoms with E-state index < -0.39 is 5.97 Å². The molecule has 4 heteroatoms. The molecule has 116 valence electrons. The lowest BCUT2D eigenvalue weighted by atomic mass is 9.64. The molecule has 0 saturated heterocycles. The van der Waals surface area contributed by atoms with Gasteiger partial charge in [-0.2, -0.15) is 0 Å². The first-order valence-electron chi connectivity index (χ1n) is 7.51. The molecule has 0 aromatic heterocycles. The number of benzene rings is 1. The summed E-state index contributed by atoms with van der Waals surface area (Å²) in [6.45, 7) is 9.35. The number of hydrogen-bond acceptors (Lipinski definition) is 3. The first kappa shape index (κ1) is 16.0. The molecule has 2 unspecified atom stereocenters. The van der Waals surface area contributed by atoms with E-state index in [1.165, 1.54) is 0 Å². The fourth-order valence-electron chi connectivity index (χ4n) is 2.80. The Morgan fingerprint density at radius 3 is 2.48 bits per heavy atom. The van der Waals surface area contributed by atoms with E-state index in [2.05, 4.69) is 33.0 Å². The van der Waals surface area contributed by atoms with Crippen LogP contribution in [0.1, 0.15) is 50.0 Å². The SMILES string of the molecule is CC(C)OC1CC(NCc2ccc(C(=O)O)cc2)C1(C)C. The largest absolute Gasteiger partial charge is 0.478 e. The van der Waals surface area contributed by atoms with E-state index in [-0.39, 0.29) is 11.5 Å². The molecule has 0 amide bonds. The quantitative estimate of drug-likeness (QED) is 0.845. The van der Waals surface area contributed by atoms with Crippen LogP contribution < -0.4 is 5.32 Å². The fraction of sp³-hybridized carbons (Fsp3) is 0.588. The number of carboxylic acid groups (broad SMARTS) is 1. The topological polar surface area (TPSA) is 58.6 Å². The van der Waals surface area contributed by atoms with E-state index in [0.717, 1.165) is 18.5 Å². The third-order valence-electron chi connectivity index (χ3n) is 4.37. The van der Waals surface area contributed by atoms with Crippen molar-refractivity contribution in [3.8, 4) is 0 Å². The van der Waals surface area contributed by atoms with E-state index >= 15 is 0 Å². The maximum atomic E-state index is 10.8. The number of carbonyl (C=O) groups is 1. The molecular formula is C17H25NO3. The minimum atomic E-state index is -0.886. The van der Waals surface area contributed by atoms with Gasteiger partial charge in [0.1, 0.15) is 0 Å². The van der Waals surface area contributed by atoms with Crippen molar-refractivity contribution in [2.75, 3.05) is 0 Å². The molecule has 1 saturated carbocycles. The van der Waals surface area contributed by atoms with E-state index in [9.17, 15) is 4.79 Å². The van der Waals surface area contributed by atoms with Gasteiger partial charge in [-0.3, -0.25) is 0 Å². The van der Waals surface area contributed by atoms with Gasteiger partial charge >= 0.3 is 5.97 Å².